The Hall–Kier alpha value is -2.40. The summed E-state index contributed by atoms with van der Waals surface area (Å²) >= 11 is 1.63. The van der Waals surface area contributed by atoms with Gasteiger partial charge in [-0.2, -0.15) is 0 Å². The van der Waals surface area contributed by atoms with Gasteiger partial charge in [0, 0.05) is 22.4 Å². The van der Waals surface area contributed by atoms with E-state index < -0.39 is 7.37 Å². The second-order valence-electron chi connectivity index (χ2n) is 7.28. The van der Waals surface area contributed by atoms with Crippen LogP contribution in [0.5, 0.6) is 0 Å². The minimum absolute atomic E-state index is 0.0902. The van der Waals surface area contributed by atoms with Crippen LogP contribution in [0.3, 0.4) is 0 Å². The summed E-state index contributed by atoms with van der Waals surface area (Å²) in [5.41, 5.74) is 8.59. The first-order chi connectivity index (χ1) is 13.9. The van der Waals surface area contributed by atoms with Crippen LogP contribution in [0.2, 0.25) is 0 Å². The molecule has 1 heterocycles. The molecule has 1 aromatic heterocycles. The topological polar surface area (TPSA) is 81.4 Å². The molecule has 3 N–H and O–H groups in total. The van der Waals surface area contributed by atoms with Crippen molar-refractivity contribution in [3.8, 4) is 10.4 Å². The molecular weight excluding hydrogens is 403 g/mol. The van der Waals surface area contributed by atoms with Gasteiger partial charge in [-0.3, -0.25) is 9.36 Å². The summed E-state index contributed by atoms with van der Waals surface area (Å²) in [4.78, 5) is 13.8. The summed E-state index contributed by atoms with van der Waals surface area (Å²) in [6, 6.07) is 16.4. The molecule has 29 heavy (non-hydrogen) atoms. The van der Waals surface area contributed by atoms with Crippen LogP contribution >= 0.6 is 18.7 Å². The highest BCUT2D eigenvalue weighted by Gasteiger charge is 2.28. The fourth-order valence-electron chi connectivity index (χ4n) is 3.16. The van der Waals surface area contributed by atoms with Crippen molar-refractivity contribution < 1.29 is 13.9 Å². The maximum Gasteiger partial charge on any atom is 0.255 e. The monoisotopic (exact) mass is 426 g/mol. The van der Waals surface area contributed by atoms with Crippen LogP contribution in [0.4, 0.5) is 11.4 Å². The second kappa shape index (κ2) is 8.15. The molecule has 1 unspecified atom stereocenters. The van der Waals surface area contributed by atoms with Gasteiger partial charge in [0.25, 0.3) is 5.91 Å². The minimum Gasteiger partial charge on any atom is -0.397 e. The van der Waals surface area contributed by atoms with Gasteiger partial charge >= 0.3 is 0 Å². The first kappa shape index (κ1) is 19.9. The first-order valence-electron chi connectivity index (χ1n) is 9.54. The highest BCUT2D eigenvalue weighted by atomic mass is 32.1. The van der Waals surface area contributed by atoms with E-state index in [-0.39, 0.29) is 12.0 Å². The average molecular weight is 426 g/mol. The standard InChI is InChI=1S/C22H23N2O3PS/c1-28(26,27-17-4-2-5-17)18-10-7-15(8-11-18)22(25)24-20-14-16(9-12-19(20)23)21-6-3-13-29-21/h3,6-14,17H,2,4-5,23H2,1H3,(H,24,25). The highest BCUT2D eigenvalue weighted by Crippen LogP contribution is 2.46. The number of hydrogen-bond donors (Lipinski definition) is 2. The zero-order chi connectivity index (χ0) is 20.4. The lowest BCUT2D eigenvalue weighted by atomic mass is 9.97. The molecular formula is C22H23N2O3PS. The lowest BCUT2D eigenvalue weighted by Gasteiger charge is -2.28. The molecule has 7 heteroatoms. The van der Waals surface area contributed by atoms with Crippen molar-refractivity contribution in [3.05, 3.63) is 65.5 Å². The smallest absolute Gasteiger partial charge is 0.255 e. The third kappa shape index (κ3) is 4.45. The molecule has 0 aliphatic heterocycles. The minimum atomic E-state index is -2.88. The second-order valence-corrected chi connectivity index (χ2v) is 10.7. The van der Waals surface area contributed by atoms with Gasteiger partial charge in [-0.05, 0) is 72.7 Å². The van der Waals surface area contributed by atoms with E-state index in [4.69, 9.17) is 10.3 Å². The summed E-state index contributed by atoms with van der Waals surface area (Å²) < 4.78 is 18.6. The Bertz CT molecular complexity index is 1060. The van der Waals surface area contributed by atoms with E-state index in [1.165, 1.54) is 0 Å². The van der Waals surface area contributed by atoms with E-state index in [0.717, 1.165) is 29.7 Å². The number of benzene rings is 2. The Balaban J connectivity index is 1.49. The van der Waals surface area contributed by atoms with Crippen LogP contribution in [0.1, 0.15) is 29.6 Å². The van der Waals surface area contributed by atoms with Crippen LogP contribution in [0.15, 0.2) is 60.0 Å². The lowest BCUT2D eigenvalue weighted by Crippen LogP contribution is -2.23. The molecule has 1 fully saturated rings. The van der Waals surface area contributed by atoms with Gasteiger partial charge in [0.15, 0.2) is 0 Å². The maximum atomic E-state index is 12.8. The maximum absolute atomic E-state index is 12.8. The molecule has 0 spiro atoms. The molecule has 3 aromatic rings. The van der Waals surface area contributed by atoms with Gasteiger partial charge in [0.05, 0.1) is 17.5 Å². The summed E-state index contributed by atoms with van der Waals surface area (Å²) in [7, 11) is -2.88. The summed E-state index contributed by atoms with van der Waals surface area (Å²) in [5.74, 6) is -0.266. The molecule has 0 radical (unpaired) electrons. The zero-order valence-electron chi connectivity index (χ0n) is 16.1. The molecule has 5 nitrogen and oxygen atoms in total. The highest BCUT2D eigenvalue weighted by molar-refractivity contribution is 7.66. The summed E-state index contributed by atoms with van der Waals surface area (Å²) in [6.07, 6.45) is 3.14. The Kier molecular flexibility index (Phi) is 5.59. The van der Waals surface area contributed by atoms with Gasteiger partial charge in [-0.15, -0.1) is 11.3 Å². The Morgan fingerprint density at radius 1 is 1.17 bits per heavy atom. The van der Waals surface area contributed by atoms with Gasteiger partial charge in [-0.1, -0.05) is 12.1 Å². The Labute approximate surface area is 174 Å². The third-order valence-electron chi connectivity index (χ3n) is 5.11. The molecule has 2 aromatic carbocycles. The molecule has 1 amide bonds. The van der Waals surface area contributed by atoms with Crippen molar-refractivity contribution in [2.45, 2.75) is 25.4 Å². The van der Waals surface area contributed by atoms with E-state index in [1.54, 1.807) is 48.3 Å². The van der Waals surface area contributed by atoms with Gasteiger partial charge in [-0.25, -0.2) is 0 Å². The van der Waals surface area contributed by atoms with Gasteiger partial charge < -0.3 is 15.6 Å². The van der Waals surface area contributed by atoms with Crippen molar-refractivity contribution in [1.82, 2.24) is 0 Å². The van der Waals surface area contributed by atoms with E-state index >= 15 is 0 Å². The fraction of sp³-hybridized carbons (Fsp3) is 0.227. The van der Waals surface area contributed by atoms with Gasteiger partial charge in [0.1, 0.15) is 0 Å². The number of nitrogen functional groups attached to an aromatic ring is 1. The normalized spacial score (nSPS) is 16.0. The van der Waals surface area contributed by atoms with Crippen molar-refractivity contribution in [2.75, 3.05) is 17.7 Å². The number of nitrogens with one attached hydrogen (secondary N) is 1. The van der Waals surface area contributed by atoms with E-state index in [0.29, 0.717) is 22.2 Å². The molecule has 0 bridgehead atoms. The first-order valence-corrected chi connectivity index (χ1v) is 12.5. The molecule has 1 aliphatic carbocycles. The van der Waals surface area contributed by atoms with Crippen molar-refractivity contribution in [2.24, 2.45) is 0 Å². The van der Waals surface area contributed by atoms with E-state index in [2.05, 4.69) is 5.32 Å². The van der Waals surface area contributed by atoms with Crippen LogP contribution in [0.25, 0.3) is 10.4 Å². The quantitative estimate of drug-likeness (QED) is 0.411. The number of hydrogen-bond acceptors (Lipinski definition) is 5. The molecule has 1 aliphatic rings. The average Bonchev–Trinajstić information content (AvgIpc) is 3.21. The summed E-state index contributed by atoms with van der Waals surface area (Å²) in [6.45, 7) is 1.64. The molecule has 4 rings (SSSR count). The largest absolute Gasteiger partial charge is 0.397 e. The number of nitrogens with two attached hydrogens (primary N) is 1. The molecule has 1 atom stereocenters. The number of amides is 1. The van der Waals surface area contributed by atoms with Crippen LogP contribution in [-0.2, 0) is 9.09 Å². The Morgan fingerprint density at radius 3 is 2.55 bits per heavy atom. The number of anilines is 2. The van der Waals surface area contributed by atoms with Crippen LogP contribution < -0.4 is 16.4 Å². The predicted molar refractivity (Wildman–Crippen MR) is 120 cm³/mol. The zero-order valence-corrected chi connectivity index (χ0v) is 17.8. The van der Waals surface area contributed by atoms with Gasteiger partial charge in [0.2, 0.25) is 7.37 Å². The summed E-state index contributed by atoms with van der Waals surface area (Å²) in [5, 5.41) is 5.51. The molecule has 150 valence electrons. The SMILES string of the molecule is CP(=O)(OC1CCC1)c1ccc(C(=O)Nc2cc(-c3cccs3)ccc2N)cc1. The van der Waals surface area contributed by atoms with E-state index in [1.807, 2.05) is 29.6 Å². The fourth-order valence-corrected chi connectivity index (χ4v) is 5.48. The van der Waals surface area contributed by atoms with Crippen LogP contribution in [0, 0.1) is 0 Å². The van der Waals surface area contributed by atoms with Crippen molar-refractivity contribution in [1.29, 1.82) is 0 Å². The number of rotatable bonds is 6. The predicted octanol–water partition coefficient (Wildman–Crippen LogP) is 5.35. The van der Waals surface area contributed by atoms with Crippen LogP contribution in [-0.4, -0.2) is 18.7 Å². The molecule has 0 saturated heterocycles. The number of thiophene rings is 1. The Morgan fingerprint density at radius 2 is 1.93 bits per heavy atom. The van der Waals surface area contributed by atoms with Crippen molar-refractivity contribution in [3.63, 3.8) is 0 Å². The van der Waals surface area contributed by atoms with Crippen molar-refractivity contribution >= 4 is 41.3 Å². The third-order valence-corrected chi connectivity index (χ3v) is 7.96. The van der Waals surface area contributed by atoms with E-state index in [9.17, 15) is 9.36 Å². The number of carbonyl (C=O) groups excluding carboxylic acids is 1. The molecule has 1 saturated carbocycles. The number of carbonyl (C=O) groups is 1. The lowest BCUT2D eigenvalue weighted by molar-refractivity contribution is 0.102.